The molecule has 1 amide bonds. The molecule has 0 saturated heterocycles. The van der Waals surface area contributed by atoms with Gasteiger partial charge in [0.2, 0.25) is 5.91 Å². The standard InChI is InChI=1S/C15H30N2O3S.C2H6/c1-11(2)15(4,5)13(16)14(19)17-6-7-20-8-9-21-10-12(3)18;1-2/h11,13H,6-10,16H2,1-5H3,(H,17,19);1-2H3. The molecule has 0 aromatic rings. The van der Waals surface area contributed by atoms with Crippen LogP contribution in [-0.4, -0.2) is 49.0 Å². The molecule has 23 heavy (non-hydrogen) atoms. The van der Waals surface area contributed by atoms with E-state index >= 15 is 0 Å². The van der Waals surface area contributed by atoms with Gasteiger partial charge in [0, 0.05) is 12.3 Å². The normalized spacial score (nSPS) is 12.4. The summed E-state index contributed by atoms with van der Waals surface area (Å²) in [6.45, 7) is 15.2. The van der Waals surface area contributed by atoms with Gasteiger partial charge in [0.25, 0.3) is 0 Å². The fourth-order valence-corrected chi connectivity index (χ4v) is 2.16. The molecule has 5 nitrogen and oxygen atoms in total. The minimum Gasteiger partial charge on any atom is -0.379 e. The molecule has 3 N–H and O–H groups in total. The first-order valence-electron chi connectivity index (χ1n) is 8.37. The van der Waals surface area contributed by atoms with E-state index in [0.717, 1.165) is 5.75 Å². The lowest BCUT2D eigenvalue weighted by molar-refractivity contribution is -0.125. The van der Waals surface area contributed by atoms with Crippen molar-refractivity contribution in [3.8, 4) is 0 Å². The fourth-order valence-electron chi connectivity index (χ4n) is 1.49. The van der Waals surface area contributed by atoms with Gasteiger partial charge >= 0.3 is 0 Å². The first-order valence-corrected chi connectivity index (χ1v) is 9.53. The molecule has 0 aliphatic rings. The zero-order chi connectivity index (χ0) is 18.5. The maximum Gasteiger partial charge on any atom is 0.237 e. The highest BCUT2D eigenvalue weighted by Crippen LogP contribution is 2.29. The topological polar surface area (TPSA) is 81.4 Å². The Morgan fingerprint density at radius 2 is 1.78 bits per heavy atom. The lowest BCUT2D eigenvalue weighted by Gasteiger charge is -2.34. The molecule has 0 bridgehead atoms. The Kier molecular flexibility index (Phi) is 14.8. The Bertz CT molecular complexity index is 334. The largest absolute Gasteiger partial charge is 0.379 e. The van der Waals surface area contributed by atoms with Gasteiger partial charge in [0.15, 0.2) is 0 Å². The van der Waals surface area contributed by atoms with Gasteiger partial charge in [-0.1, -0.05) is 41.5 Å². The van der Waals surface area contributed by atoms with E-state index in [1.165, 1.54) is 0 Å². The average molecular weight is 349 g/mol. The minimum atomic E-state index is -0.524. The Morgan fingerprint density at radius 3 is 2.26 bits per heavy atom. The molecule has 1 unspecified atom stereocenters. The number of carbonyl (C=O) groups is 2. The van der Waals surface area contributed by atoms with E-state index in [1.54, 1.807) is 18.7 Å². The predicted molar refractivity (Wildman–Crippen MR) is 99.8 cm³/mol. The monoisotopic (exact) mass is 348 g/mol. The van der Waals surface area contributed by atoms with Gasteiger partial charge < -0.3 is 15.8 Å². The van der Waals surface area contributed by atoms with E-state index < -0.39 is 6.04 Å². The summed E-state index contributed by atoms with van der Waals surface area (Å²) in [6, 6.07) is -0.524. The van der Waals surface area contributed by atoms with Gasteiger partial charge in [-0.3, -0.25) is 9.59 Å². The Labute approximate surface area is 146 Å². The second-order valence-corrected chi connectivity index (χ2v) is 7.22. The smallest absolute Gasteiger partial charge is 0.237 e. The number of Topliss-reactive ketones (excluding diaryl/α,β-unsaturated/α-hetero) is 1. The lowest BCUT2D eigenvalue weighted by Crippen LogP contribution is -2.52. The molecule has 0 radical (unpaired) electrons. The fraction of sp³-hybridized carbons (Fsp3) is 0.882. The van der Waals surface area contributed by atoms with Crippen LogP contribution in [0.15, 0.2) is 0 Å². The van der Waals surface area contributed by atoms with Crippen LogP contribution < -0.4 is 11.1 Å². The molecule has 0 heterocycles. The number of hydrogen-bond acceptors (Lipinski definition) is 5. The number of hydrogen-bond donors (Lipinski definition) is 2. The molecular formula is C17H36N2O3S. The molecule has 6 heteroatoms. The number of nitrogens with one attached hydrogen (secondary N) is 1. The van der Waals surface area contributed by atoms with E-state index in [4.69, 9.17) is 10.5 Å². The highest BCUT2D eigenvalue weighted by molar-refractivity contribution is 7.99. The van der Waals surface area contributed by atoms with E-state index in [0.29, 0.717) is 31.4 Å². The van der Waals surface area contributed by atoms with Crippen molar-refractivity contribution in [2.75, 3.05) is 31.3 Å². The maximum atomic E-state index is 12.0. The summed E-state index contributed by atoms with van der Waals surface area (Å²) in [4.78, 5) is 22.7. The Morgan fingerprint density at radius 1 is 1.22 bits per heavy atom. The third-order valence-corrected chi connectivity index (χ3v) is 4.86. The van der Waals surface area contributed by atoms with Gasteiger partial charge in [-0.25, -0.2) is 0 Å². The number of carbonyl (C=O) groups excluding carboxylic acids is 2. The summed E-state index contributed by atoms with van der Waals surface area (Å²) in [6.07, 6.45) is 0. The molecule has 0 aromatic carbocycles. The Hall–Kier alpha value is -0.590. The van der Waals surface area contributed by atoms with E-state index in [9.17, 15) is 9.59 Å². The number of ketones is 1. The zero-order valence-corrected chi connectivity index (χ0v) is 16.7. The number of thioether (sulfide) groups is 1. The van der Waals surface area contributed by atoms with Crippen molar-refractivity contribution >= 4 is 23.5 Å². The molecule has 0 spiro atoms. The van der Waals surface area contributed by atoms with Gasteiger partial charge in [-0.2, -0.15) is 11.8 Å². The lowest BCUT2D eigenvalue weighted by atomic mass is 9.75. The molecule has 0 saturated carbocycles. The van der Waals surface area contributed by atoms with E-state index in [-0.39, 0.29) is 17.1 Å². The van der Waals surface area contributed by atoms with Crippen LogP contribution in [0.2, 0.25) is 0 Å². The first kappa shape index (κ1) is 24.7. The average Bonchev–Trinajstić information content (AvgIpc) is 2.50. The van der Waals surface area contributed by atoms with Crippen LogP contribution in [0.5, 0.6) is 0 Å². The molecule has 0 fully saturated rings. The second kappa shape index (κ2) is 13.8. The van der Waals surface area contributed by atoms with Crippen LogP contribution in [0.4, 0.5) is 0 Å². The molecule has 0 aliphatic carbocycles. The van der Waals surface area contributed by atoms with Crippen LogP contribution >= 0.6 is 11.8 Å². The van der Waals surface area contributed by atoms with Crippen LogP contribution in [0, 0.1) is 11.3 Å². The minimum absolute atomic E-state index is 0.136. The van der Waals surface area contributed by atoms with Crippen molar-refractivity contribution in [3.05, 3.63) is 0 Å². The van der Waals surface area contributed by atoms with E-state index in [1.807, 2.05) is 27.7 Å². The van der Waals surface area contributed by atoms with Crippen LogP contribution in [0.25, 0.3) is 0 Å². The predicted octanol–water partition coefficient (Wildman–Crippen LogP) is 2.48. The summed E-state index contributed by atoms with van der Waals surface area (Å²) < 4.78 is 5.39. The Balaban J connectivity index is 0. The van der Waals surface area contributed by atoms with Crippen molar-refractivity contribution in [1.29, 1.82) is 0 Å². The van der Waals surface area contributed by atoms with Crippen LogP contribution in [0.1, 0.15) is 48.5 Å². The molecule has 1 atom stereocenters. The number of rotatable bonds is 11. The SMILES string of the molecule is CC.CC(=O)CSCCOCCNC(=O)C(N)C(C)(C)C(C)C. The third kappa shape index (κ3) is 11.6. The molecule has 138 valence electrons. The second-order valence-electron chi connectivity index (χ2n) is 6.11. The van der Waals surface area contributed by atoms with E-state index in [2.05, 4.69) is 19.2 Å². The van der Waals surface area contributed by atoms with Crippen molar-refractivity contribution in [2.45, 2.75) is 54.5 Å². The third-order valence-electron chi connectivity index (χ3n) is 3.80. The van der Waals surface area contributed by atoms with Gasteiger partial charge in [-0.05, 0) is 18.3 Å². The first-order chi connectivity index (χ1) is 10.7. The van der Waals surface area contributed by atoms with Crippen LogP contribution in [-0.2, 0) is 14.3 Å². The van der Waals surface area contributed by atoms with Crippen molar-refractivity contribution in [2.24, 2.45) is 17.1 Å². The van der Waals surface area contributed by atoms with Crippen LogP contribution in [0.3, 0.4) is 0 Å². The van der Waals surface area contributed by atoms with Crippen molar-refractivity contribution in [1.82, 2.24) is 5.32 Å². The summed E-state index contributed by atoms with van der Waals surface area (Å²) in [5.74, 6) is 1.68. The number of amides is 1. The van der Waals surface area contributed by atoms with Crippen molar-refractivity contribution in [3.63, 3.8) is 0 Å². The zero-order valence-electron chi connectivity index (χ0n) is 15.9. The molecule has 0 aliphatic heterocycles. The van der Waals surface area contributed by atoms with Crippen molar-refractivity contribution < 1.29 is 14.3 Å². The highest BCUT2D eigenvalue weighted by atomic mass is 32.2. The molecular weight excluding hydrogens is 312 g/mol. The summed E-state index contributed by atoms with van der Waals surface area (Å²) >= 11 is 1.56. The van der Waals surface area contributed by atoms with Gasteiger partial charge in [0.05, 0.1) is 25.0 Å². The summed E-state index contributed by atoms with van der Waals surface area (Å²) in [5, 5.41) is 2.80. The summed E-state index contributed by atoms with van der Waals surface area (Å²) in [5.41, 5.74) is 5.77. The number of ether oxygens (including phenoxy) is 1. The van der Waals surface area contributed by atoms with Gasteiger partial charge in [0.1, 0.15) is 5.78 Å². The summed E-state index contributed by atoms with van der Waals surface area (Å²) in [7, 11) is 0. The number of nitrogens with two attached hydrogens (primary N) is 1. The quantitative estimate of drug-likeness (QED) is 0.561. The molecule has 0 aromatic heterocycles. The highest BCUT2D eigenvalue weighted by Gasteiger charge is 2.34. The van der Waals surface area contributed by atoms with Gasteiger partial charge in [-0.15, -0.1) is 0 Å². The maximum absolute atomic E-state index is 12.0. The molecule has 0 rings (SSSR count).